The highest BCUT2D eigenvalue weighted by Crippen LogP contribution is 2.37. The predicted molar refractivity (Wildman–Crippen MR) is 97.9 cm³/mol. The average molecular weight is 338 g/mol. The molecule has 0 saturated heterocycles. The summed E-state index contributed by atoms with van der Waals surface area (Å²) in [6.45, 7) is 3.85. The van der Waals surface area contributed by atoms with E-state index in [1.165, 1.54) is 16.8 Å². The third-order valence-corrected chi connectivity index (χ3v) is 5.87. The zero-order valence-corrected chi connectivity index (χ0v) is 15.1. The Kier molecular flexibility index (Phi) is 4.28. The second-order valence-electron chi connectivity index (χ2n) is 7.25. The van der Waals surface area contributed by atoms with Crippen molar-refractivity contribution in [3.63, 3.8) is 0 Å². The maximum Gasteiger partial charge on any atom is 0.223 e. The largest absolute Gasteiger partial charge is 0.497 e. The highest BCUT2D eigenvalue weighted by atomic mass is 16.5. The molecule has 2 aliphatic rings. The lowest BCUT2D eigenvalue weighted by Crippen LogP contribution is -2.41. The standard InChI is InChI=1S/C21H26N2O2/c1-15-20-7-4-10-22(20)11-12-23(15)21(24)14-17-6-3-5-16-13-18(25-2)8-9-19(16)17/h4,7-10,13,15,17H,3,5-6,11-12,14H2,1-2H3/t15-,17-/m1/s1. The number of methoxy groups -OCH3 is 1. The second-order valence-corrected chi connectivity index (χ2v) is 7.25. The number of carbonyl (C=O) groups excluding carboxylic acids is 1. The van der Waals surface area contributed by atoms with Crippen molar-refractivity contribution in [2.75, 3.05) is 13.7 Å². The monoisotopic (exact) mass is 338 g/mol. The maximum atomic E-state index is 13.0. The summed E-state index contributed by atoms with van der Waals surface area (Å²) in [5.74, 6) is 1.54. The first-order chi connectivity index (χ1) is 12.2. The van der Waals surface area contributed by atoms with Crippen molar-refractivity contribution in [3.05, 3.63) is 53.3 Å². The summed E-state index contributed by atoms with van der Waals surface area (Å²) in [7, 11) is 1.71. The number of rotatable bonds is 3. The molecule has 1 aliphatic carbocycles. The van der Waals surface area contributed by atoms with Gasteiger partial charge in [-0.05, 0) is 67.5 Å². The number of hydrogen-bond donors (Lipinski definition) is 0. The van der Waals surface area contributed by atoms with Crippen LogP contribution in [0.2, 0.25) is 0 Å². The van der Waals surface area contributed by atoms with Crippen molar-refractivity contribution in [3.8, 4) is 5.75 Å². The van der Waals surface area contributed by atoms with Crippen molar-refractivity contribution in [1.29, 1.82) is 0 Å². The van der Waals surface area contributed by atoms with Crippen LogP contribution in [-0.4, -0.2) is 29.0 Å². The fourth-order valence-electron chi connectivity index (χ4n) is 4.48. The Morgan fingerprint density at radius 2 is 2.16 bits per heavy atom. The van der Waals surface area contributed by atoms with Gasteiger partial charge in [-0.25, -0.2) is 0 Å². The molecule has 0 fully saturated rings. The Hall–Kier alpha value is -2.23. The maximum absolute atomic E-state index is 13.0. The van der Waals surface area contributed by atoms with E-state index in [-0.39, 0.29) is 11.9 Å². The van der Waals surface area contributed by atoms with E-state index in [2.05, 4.69) is 46.9 Å². The fourth-order valence-corrected chi connectivity index (χ4v) is 4.48. The molecule has 25 heavy (non-hydrogen) atoms. The summed E-state index contributed by atoms with van der Waals surface area (Å²) in [6, 6.07) is 10.7. The van der Waals surface area contributed by atoms with E-state index in [0.717, 1.165) is 38.1 Å². The van der Waals surface area contributed by atoms with Crippen LogP contribution in [0.15, 0.2) is 36.5 Å². The first-order valence-corrected chi connectivity index (χ1v) is 9.28. The van der Waals surface area contributed by atoms with E-state index in [9.17, 15) is 4.79 Å². The molecule has 2 atom stereocenters. The minimum absolute atomic E-state index is 0.162. The van der Waals surface area contributed by atoms with Crippen molar-refractivity contribution in [1.82, 2.24) is 9.47 Å². The molecule has 4 nitrogen and oxygen atoms in total. The van der Waals surface area contributed by atoms with Crippen LogP contribution in [0.5, 0.6) is 5.75 Å². The number of amides is 1. The molecule has 0 spiro atoms. The third-order valence-electron chi connectivity index (χ3n) is 5.87. The van der Waals surface area contributed by atoms with Gasteiger partial charge in [0.05, 0.1) is 13.2 Å². The quantitative estimate of drug-likeness (QED) is 0.850. The van der Waals surface area contributed by atoms with E-state index in [0.29, 0.717) is 12.3 Å². The molecule has 0 saturated carbocycles. The molecule has 132 valence electrons. The van der Waals surface area contributed by atoms with E-state index >= 15 is 0 Å². The molecule has 4 heteroatoms. The molecule has 1 amide bonds. The molecule has 1 aliphatic heterocycles. The van der Waals surface area contributed by atoms with E-state index in [1.54, 1.807) is 7.11 Å². The molecule has 0 unspecified atom stereocenters. The lowest BCUT2D eigenvalue weighted by atomic mass is 9.80. The minimum Gasteiger partial charge on any atom is -0.497 e. The van der Waals surface area contributed by atoms with Crippen molar-refractivity contribution >= 4 is 5.91 Å². The predicted octanol–water partition coefficient (Wildman–Crippen LogP) is 3.91. The molecule has 0 N–H and O–H groups in total. The first-order valence-electron chi connectivity index (χ1n) is 9.28. The summed E-state index contributed by atoms with van der Waals surface area (Å²) in [5, 5.41) is 0. The van der Waals surface area contributed by atoms with Gasteiger partial charge in [-0.15, -0.1) is 0 Å². The van der Waals surface area contributed by atoms with Crippen LogP contribution in [0.25, 0.3) is 0 Å². The molecule has 0 radical (unpaired) electrons. The molecule has 2 heterocycles. The number of nitrogens with zero attached hydrogens (tertiary/aromatic N) is 2. The lowest BCUT2D eigenvalue weighted by molar-refractivity contribution is -0.134. The SMILES string of the molecule is COc1ccc2c(c1)CCC[C@@H]2CC(=O)N1CCn2cccc2[C@H]1C. The number of aryl methyl sites for hydroxylation is 1. The van der Waals surface area contributed by atoms with E-state index in [4.69, 9.17) is 4.74 Å². The Morgan fingerprint density at radius 1 is 1.28 bits per heavy atom. The van der Waals surface area contributed by atoms with Crippen LogP contribution in [0, 0.1) is 0 Å². The van der Waals surface area contributed by atoms with Gasteiger partial charge in [0.1, 0.15) is 5.75 Å². The van der Waals surface area contributed by atoms with Crippen LogP contribution in [0.3, 0.4) is 0 Å². The van der Waals surface area contributed by atoms with Crippen molar-refractivity contribution < 1.29 is 9.53 Å². The van der Waals surface area contributed by atoms with Gasteiger partial charge in [-0.3, -0.25) is 4.79 Å². The molecule has 1 aromatic carbocycles. The molecule has 4 rings (SSSR count). The van der Waals surface area contributed by atoms with Gasteiger partial charge in [0.25, 0.3) is 0 Å². The number of benzene rings is 1. The van der Waals surface area contributed by atoms with Crippen LogP contribution in [0.4, 0.5) is 0 Å². The fraction of sp³-hybridized carbons (Fsp3) is 0.476. The van der Waals surface area contributed by atoms with Crippen LogP contribution in [-0.2, 0) is 17.8 Å². The highest BCUT2D eigenvalue weighted by molar-refractivity contribution is 5.78. The number of ether oxygens (including phenoxy) is 1. The molecular formula is C21H26N2O2. The van der Waals surface area contributed by atoms with Gasteiger partial charge in [0.15, 0.2) is 0 Å². The second kappa shape index (κ2) is 6.58. The highest BCUT2D eigenvalue weighted by Gasteiger charge is 2.30. The summed E-state index contributed by atoms with van der Waals surface area (Å²) in [6.07, 6.45) is 6.06. The van der Waals surface area contributed by atoms with Crippen LogP contribution >= 0.6 is 0 Å². The molecule has 0 bridgehead atoms. The summed E-state index contributed by atoms with van der Waals surface area (Å²) >= 11 is 0. The Balaban J connectivity index is 1.51. The van der Waals surface area contributed by atoms with Gasteiger partial charge in [-0.1, -0.05) is 6.07 Å². The summed E-state index contributed by atoms with van der Waals surface area (Å²) in [5.41, 5.74) is 3.94. The number of fused-ring (bicyclic) bond motifs is 2. The zero-order valence-electron chi connectivity index (χ0n) is 15.1. The van der Waals surface area contributed by atoms with Gasteiger partial charge in [0, 0.05) is 31.4 Å². The van der Waals surface area contributed by atoms with Gasteiger partial charge >= 0.3 is 0 Å². The normalized spacial score (nSPS) is 22.2. The van der Waals surface area contributed by atoms with Crippen LogP contribution < -0.4 is 4.74 Å². The Labute approximate surface area is 149 Å². The van der Waals surface area contributed by atoms with Gasteiger partial charge in [0.2, 0.25) is 5.91 Å². The van der Waals surface area contributed by atoms with E-state index < -0.39 is 0 Å². The lowest BCUT2D eigenvalue weighted by Gasteiger charge is -2.36. The average Bonchev–Trinajstić information content (AvgIpc) is 3.11. The van der Waals surface area contributed by atoms with Gasteiger partial charge < -0.3 is 14.2 Å². The number of aromatic nitrogens is 1. The molecular weight excluding hydrogens is 312 g/mol. The minimum atomic E-state index is 0.162. The number of carbonyl (C=O) groups is 1. The zero-order chi connectivity index (χ0) is 17.4. The van der Waals surface area contributed by atoms with Crippen molar-refractivity contribution in [2.45, 2.75) is 51.1 Å². The van der Waals surface area contributed by atoms with Crippen LogP contribution in [0.1, 0.15) is 55.0 Å². The first kappa shape index (κ1) is 16.2. The topological polar surface area (TPSA) is 34.5 Å². The van der Waals surface area contributed by atoms with Gasteiger partial charge in [-0.2, -0.15) is 0 Å². The smallest absolute Gasteiger partial charge is 0.223 e. The van der Waals surface area contributed by atoms with Crippen molar-refractivity contribution in [2.24, 2.45) is 0 Å². The third kappa shape index (κ3) is 2.94. The number of hydrogen-bond acceptors (Lipinski definition) is 2. The summed E-state index contributed by atoms with van der Waals surface area (Å²) < 4.78 is 7.61. The summed E-state index contributed by atoms with van der Waals surface area (Å²) in [4.78, 5) is 15.1. The molecule has 2 aromatic rings. The van der Waals surface area contributed by atoms with E-state index in [1.807, 2.05) is 6.07 Å². The Bertz CT molecular complexity index is 780. The Morgan fingerprint density at radius 3 is 3.00 bits per heavy atom. The molecule has 1 aromatic heterocycles.